The first-order valence-electron chi connectivity index (χ1n) is 4.91. The van der Waals surface area contributed by atoms with Gasteiger partial charge < -0.3 is 19.7 Å². The van der Waals surface area contributed by atoms with Gasteiger partial charge in [0.1, 0.15) is 12.2 Å². The molecule has 0 spiro atoms. The third-order valence-corrected chi connectivity index (χ3v) is 2.81. The number of aliphatic hydroxyl groups excluding tert-OH is 2. The molecule has 0 aromatic carbocycles. The van der Waals surface area contributed by atoms with E-state index in [-0.39, 0.29) is 12.6 Å². The molecular weight excluding hydrogens is 216 g/mol. The first-order chi connectivity index (χ1) is 7.70. The number of aliphatic hydroxyl groups is 2. The van der Waals surface area contributed by atoms with E-state index in [1.165, 1.54) is 16.8 Å². The molecule has 0 bridgehead atoms. The molecule has 4 atom stereocenters. The van der Waals surface area contributed by atoms with Crippen LogP contribution in [0.1, 0.15) is 6.23 Å². The van der Waals surface area contributed by atoms with E-state index in [0.29, 0.717) is 0 Å². The zero-order chi connectivity index (χ0) is 11.3. The van der Waals surface area contributed by atoms with Crippen molar-refractivity contribution in [3.8, 4) is 6.01 Å². The molecular formula is C9H10N2O5. The molecule has 2 aliphatic heterocycles. The molecule has 0 amide bonds. The summed E-state index contributed by atoms with van der Waals surface area (Å²) in [6.07, 6.45) is -1.24. The summed E-state index contributed by atoms with van der Waals surface area (Å²) in [6, 6.07) is 1.43. The van der Waals surface area contributed by atoms with Crippen LogP contribution in [0.15, 0.2) is 17.1 Å². The first-order valence-corrected chi connectivity index (χ1v) is 4.91. The summed E-state index contributed by atoms with van der Waals surface area (Å²) in [5, 5.41) is 18.7. The second-order valence-corrected chi connectivity index (χ2v) is 3.78. The summed E-state index contributed by atoms with van der Waals surface area (Å²) in [6.45, 7) is -0.277. The van der Waals surface area contributed by atoms with Crippen molar-refractivity contribution in [3.05, 3.63) is 22.6 Å². The Bertz CT molecular complexity index is 473. The molecule has 1 aromatic heterocycles. The maximum absolute atomic E-state index is 11.0. The van der Waals surface area contributed by atoms with Crippen molar-refractivity contribution in [3.63, 3.8) is 0 Å². The predicted octanol–water partition coefficient (Wildman–Crippen LogP) is -1.75. The lowest BCUT2D eigenvalue weighted by molar-refractivity contribution is -0.0434. The van der Waals surface area contributed by atoms with Crippen LogP contribution in [0.3, 0.4) is 0 Å². The van der Waals surface area contributed by atoms with Crippen molar-refractivity contribution in [2.45, 2.75) is 24.5 Å². The Hall–Kier alpha value is -1.44. The zero-order valence-corrected chi connectivity index (χ0v) is 8.18. The van der Waals surface area contributed by atoms with Gasteiger partial charge in [-0.15, -0.1) is 0 Å². The van der Waals surface area contributed by atoms with Crippen molar-refractivity contribution in [1.29, 1.82) is 0 Å². The van der Waals surface area contributed by atoms with Crippen molar-refractivity contribution in [1.82, 2.24) is 9.55 Å². The minimum absolute atomic E-state index is 0.137. The predicted molar refractivity (Wildman–Crippen MR) is 49.9 cm³/mol. The summed E-state index contributed by atoms with van der Waals surface area (Å²) in [5.41, 5.74) is -0.403. The van der Waals surface area contributed by atoms with Crippen molar-refractivity contribution >= 4 is 0 Å². The minimum Gasteiger partial charge on any atom is -0.453 e. The van der Waals surface area contributed by atoms with Gasteiger partial charge >= 0.3 is 6.01 Å². The third kappa shape index (κ3) is 1.19. The van der Waals surface area contributed by atoms with Crippen LogP contribution >= 0.6 is 0 Å². The number of aromatic nitrogens is 2. The van der Waals surface area contributed by atoms with Gasteiger partial charge in [0, 0.05) is 12.3 Å². The average Bonchev–Trinajstić information content (AvgIpc) is 2.75. The largest absolute Gasteiger partial charge is 0.453 e. The molecule has 16 heavy (non-hydrogen) atoms. The van der Waals surface area contributed by atoms with Gasteiger partial charge in [-0.2, -0.15) is 4.98 Å². The summed E-state index contributed by atoms with van der Waals surface area (Å²) in [4.78, 5) is 14.7. The highest BCUT2D eigenvalue weighted by Crippen LogP contribution is 2.38. The van der Waals surface area contributed by atoms with Crippen molar-refractivity contribution in [2.75, 3.05) is 6.61 Å². The van der Waals surface area contributed by atoms with E-state index in [4.69, 9.17) is 14.6 Å². The molecule has 0 aliphatic carbocycles. The fraction of sp³-hybridized carbons (Fsp3) is 0.556. The molecule has 7 nitrogen and oxygen atoms in total. The summed E-state index contributed by atoms with van der Waals surface area (Å²) in [7, 11) is 0. The Labute approximate surface area is 89.9 Å². The highest BCUT2D eigenvalue weighted by molar-refractivity contribution is 5.10. The first kappa shape index (κ1) is 9.76. The van der Waals surface area contributed by atoms with Crippen molar-refractivity contribution in [2.24, 2.45) is 0 Å². The van der Waals surface area contributed by atoms with E-state index in [1.807, 2.05) is 0 Å². The normalized spacial score (nSPS) is 35.6. The third-order valence-electron chi connectivity index (χ3n) is 2.81. The smallest absolute Gasteiger partial charge is 0.302 e. The van der Waals surface area contributed by atoms with Crippen LogP contribution in [0.2, 0.25) is 0 Å². The number of nitrogens with zero attached hydrogens (tertiary/aromatic N) is 2. The number of ether oxygens (including phenoxy) is 2. The van der Waals surface area contributed by atoms with Crippen LogP contribution < -0.4 is 10.3 Å². The van der Waals surface area contributed by atoms with Crippen molar-refractivity contribution < 1.29 is 19.7 Å². The lowest BCUT2D eigenvalue weighted by Crippen LogP contribution is -2.34. The highest BCUT2D eigenvalue weighted by Gasteiger charge is 2.50. The average molecular weight is 226 g/mol. The molecule has 0 radical (unpaired) electrons. The zero-order valence-electron chi connectivity index (χ0n) is 8.18. The summed E-state index contributed by atoms with van der Waals surface area (Å²) < 4.78 is 12.3. The van der Waals surface area contributed by atoms with Gasteiger partial charge in [-0.05, 0) is 0 Å². The Morgan fingerprint density at radius 1 is 1.56 bits per heavy atom. The van der Waals surface area contributed by atoms with Crippen LogP contribution in [0.4, 0.5) is 0 Å². The van der Waals surface area contributed by atoms with Gasteiger partial charge in [-0.25, -0.2) is 0 Å². The molecule has 1 saturated heterocycles. The quantitative estimate of drug-likeness (QED) is 0.590. The van der Waals surface area contributed by atoms with Gasteiger partial charge in [0.15, 0.2) is 12.3 Å². The van der Waals surface area contributed by atoms with Crippen LogP contribution in [0, 0.1) is 0 Å². The Balaban J connectivity index is 1.99. The molecule has 1 fully saturated rings. The number of fused-ring (bicyclic) bond motifs is 3. The topological polar surface area (TPSA) is 93.8 Å². The van der Waals surface area contributed by atoms with Crippen LogP contribution in [0.25, 0.3) is 0 Å². The molecule has 0 saturated carbocycles. The lowest BCUT2D eigenvalue weighted by Gasteiger charge is -2.13. The van der Waals surface area contributed by atoms with Gasteiger partial charge in [0.05, 0.1) is 6.61 Å². The van der Waals surface area contributed by atoms with Gasteiger partial charge in [-0.1, -0.05) is 0 Å². The summed E-state index contributed by atoms with van der Waals surface area (Å²) in [5.74, 6) is 0. The van der Waals surface area contributed by atoms with Gasteiger partial charge in [-0.3, -0.25) is 9.36 Å². The monoisotopic (exact) mass is 226 g/mol. The maximum atomic E-state index is 11.0. The Kier molecular flexibility index (Phi) is 2.00. The molecule has 2 N–H and O–H groups in total. The molecule has 86 valence electrons. The molecule has 1 unspecified atom stereocenters. The highest BCUT2D eigenvalue weighted by atomic mass is 16.6. The van der Waals surface area contributed by atoms with E-state index in [2.05, 4.69) is 4.98 Å². The molecule has 3 heterocycles. The Morgan fingerprint density at radius 2 is 2.38 bits per heavy atom. The lowest BCUT2D eigenvalue weighted by atomic mass is 10.1. The number of hydrogen-bond donors (Lipinski definition) is 2. The molecule has 7 heteroatoms. The fourth-order valence-electron chi connectivity index (χ4n) is 2.02. The van der Waals surface area contributed by atoms with Gasteiger partial charge in [0.25, 0.3) is 5.56 Å². The van der Waals surface area contributed by atoms with Gasteiger partial charge in [0.2, 0.25) is 0 Å². The maximum Gasteiger partial charge on any atom is 0.302 e. The SMILES string of the molecule is O=c1ccn2c(n1)O[C@@H]1C(O)[C@@H](CO)O[C@H]12. The number of rotatable bonds is 1. The standard InChI is InChI=1S/C9H10N2O5/c12-3-4-6(14)7-8(15-4)11-2-1-5(13)10-9(11)16-7/h1-2,4,6-8,12,14H,3H2/t4-,6?,7-,8-/m1/s1. The molecule has 2 aliphatic rings. The van der Waals surface area contributed by atoms with Crippen LogP contribution in [-0.4, -0.2) is 44.7 Å². The van der Waals surface area contributed by atoms with E-state index < -0.39 is 30.1 Å². The number of hydrogen-bond acceptors (Lipinski definition) is 6. The Morgan fingerprint density at radius 3 is 3.12 bits per heavy atom. The van der Waals surface area contributed by atoms with E-state index in [0.717, 1.165) is 0 Å². The van der Waals surface area contributed by atoms with Crippen LogP contribution in [0.5, 0.6) is 6.01 Å². The van der Waals surface area contributed by atoms with E-state index >= 15 is 0 Å². The van der Waals surface area contributed by atoms with Crippen LogP contribution in [-0.2, 0) is 4.74 Å². The summed E-state index contributed by atoms with van der Waals surface area (Å²) >= 11 is 0. The fourth-order valence-corrected chi connectivity index (χ4v) is 2.02. The second-order valence-electron chi connectivity index (χ2n) is 3.78. The second kappa shape index (κ2) is 3.27. The van der Waals surface area contributed by atoms with E-state index in [1.54, 1.807) is 0 Å². The minimum atomic E-state index is -0.924. The van der Waals surface area contributed by atoms with E-state index in [9.17, 15) is 9.90 Å². The molecule has 3 rings (SSSR count). The molecule has 1 aromatic rings.